The first kappa shape index (κ1) is 26.3. The minimum atomic E-state index is -1.17. The largest absolute Gasteiger partial charge is 0.507 e. The molecule has 0 spiro atoms. The van der Waals surface area contributed by atoms with E-state index in [1.54, 1.807) is 32.0 Å². The highest BCUT2D eigenvalue weighted by atomic mass is 19.1. The zero-order chi connectivity index (χ0) is 26.4. The van der Waals surface area contributed by atoms with Crippen molar-refractivity contribution in [3.63, 3.8) is 0 Å². The Kier molecular flexibility index (Phi) is 8.30. The van der Waals surface area contributed by atoms with E-state index in [0.29, 0.717) is 17.2 Å². The number of aryl methyl sites for hydroxylation is 2. The topological polar surface area (TPSA) is 178 Å². The van der Waals surface area contributed by atoms with Crippen LogP contribution in [-0.2, 0) is 9.59 Å². The molecule has 11 nitrogen and oxygen atoms in total. The molecule has 3 rings (SSSR count). The number of aliphatic carboxylic acids is 1. The van der Waals surface area contributed by atoms with Crippen LogP contribution in [0, 0.1) is 13.8 Å². The standard InChI is InChI=1S/C24H29FN6O5/c1-12-3-13(2)22(35)18(4-12)19(8-21(33)34)31-20(32)11-27-23(36)14-5-16(26)7-17(6-14)30-24-28-9-15(25)10-29-24/h3-7,15,19,35H,8-11,26H2,1-2H3,(H,27,36)(H,31,32)(H,33,34)(H2,28,29,30)/t19-/m0/s1. The molecule has 0 saturated carbocycles. The lowest BCUT2D eigenvalue weighted by molar-refractivity contribution is -0.137. The first-order valence-corrected chi connectivity index (χ1v) is 11.2. The number of carbonyl (C=O) groups excluding carboxylic acids is 2. The molecule has 12 heteroatoms. The predicted molar refractivity (Wildman–Crippen MR) is 133 cm³/mol. The van der Waals surface area contributed by atoms with Crippen LogP contribution in [-0.4, -0.2) is 59.8 Å². The Bertz CT molecular complexity index is 1200. The van der Waals surface area contributed by atoms with Gasteiger partial charge in [0.1, 0.15) is 11.9 Å². The highest BCUT2D eigenvalue weighted by Crippen LogP contribution is 2.31. The second-order valence-electron chi connectivity index (χ2n) is 8.56. The van der Waals surface area contributed by atoms with E-state index < -0.39 is 43.0 Å². The quantitative estimate of drug-likeness (QED) is 0.266. The molecule has 0 aromatic heterocycles. The van der Waals surface area contributed by atoms with Gasteiger partial charge in [-0.05, 0) is 37.6 Å². The summed E-state index contributed by atoms with van der Waals surface area (Å²) in [5, 5.41) is 30.4. The van der Waals surface area contributed by atoms with Crippen LogP contribution in [0.15, 0.2) is 35.3 Å². The second kappa shape index (κ2) is 11.4. The molecule has 36 heavy (non-hydrogen) atoms. The molecule has 0 fully saturated rings. The van der Waals surface area contributed by atoms with Crippen LogP contribution < -0.4 is 27.0 Å². The number of nitrogens with zero attached hydrogens (tertiary/aromatic N) is 1. The maximum absolute atomic E-state index is 13.2. The molecule has 2 amide bonds. The monoisotopic (exact) mass is 500 g/mol. The number of phenols is 1. The van der Waals surface area contributed by atoms with Crippen LogP contribution in [0.2, 0.25) is 0 Å². The molecule has 0 saturated heterocycles. The predicted octanol–water partition coefficient (Wildman–Crippen LogP) is 1.36. The Hall–Kier alpha value is -4.35. The molecule has 2 aromatic carbocycles. The van der Waals surface area contributed by atoms with Gasteiger partial charge in [0.15, 0.2) is 5.96 Å². The Balaban J connectivity index is 1.66. The molecule has 1 aliphatic rings. The van der Waals surface area contributed by atoms with E-state index in [2.05, 4.69) is 26.3 Å². The number of aromatic hydroxyl groups is 1. The van der Waals surface area contributed by atoms with Gasteiger partial charge < -0.3 is 37.2 Å². The number of guanidine groups is 1. The number of phenolic OH excluding ortho intramolecular Hbond substituents is 1. The lowest BCUT2D eigenvalue weighted by Gasteiger charge is -2.20. The molecule has 8 N–H and O–H groups in total. The second-order valence-corrected chi connectivity index (χ2v) is 8.56. The molecule has 0 radical (unpaired) electrons. The third-order valence-electron chi connectivity index (χ3n) is 5.39. The number of alkyl halides is 1. The van der Waals surface area contributed by atoms with Crippen LogP contribution >= 0.6 is 0 Å². The fraction of sp³-hybridized carbons (Fsp3) is 0.333. The normalized spacial score (nSPS) is 15.8. The van der Waals surface area contributed by atoms with Gasteiger partial charge in [-0.3, -0.25) is 14.4 Å². The van der Waals surface area contributed by atoms with Gasteiger partial charge in [-0.1, -0.05) is 17.7 Å². The van der Waals surface area contributed by atoms with E-state index in [1.807, 2.05) is 0 Å². The molecule has 1 heterocycles. The van der Waals surface area contributed by atoms with E-state index in [9.17, 15) is 29.0 Å². The summed E-state index contributed by atoms with van der Waals surface area (Å²) >= 11 is 0. The number of nitrogens with one attached hydrogen (secondary N) is 4. The van der Waals surface area contributed by atoms with Gasteiger partial charge in [0.2, 0.25) is 5.91 Å². The highest BCUT2D eigenvalue weighted by molar-refractivity contribution is 6.00. The first-order chi connectivity index (χ1) is 17.0. The molecule has 2 atom stereocenters. The number of aliphatic imine (C=N–C) groups is 1. The van der Waals surface area contributed by atoms with Crippen LogP contribution in [0.4, 0.5) is 15.8 Å². The fourth-order valence-corrected chi connectivity index (χ4v) is 3.77. The van der Waals surface area contributed by atoms with Gasteiger partial charge in [-0.2, -0.15) is 0 Å². The minimum absolute atomic E-state index is 0.0167. The summed E-state index contributed by atoms with van der Waals surface area (Å²) in [7, 11) is 0. The molecule has 1 aliphatic heterocycles. The van der Waals surface area contributed by atoms with Crippen molar-refractivity contribution in [3.05, 3.63) is 52.6 Å². The number of nitrogens with two attached hydrogens (primary N) is 1. The average molecular weight is 501 g/mol. The number of carboxylic acids is 1. The van der Waals surface area contributed by atoms with Crippen molar-refractivity contribution < 1.29 is 29.0 Å². The van der Waals surface area contributed by atoms with Crippen LogP contribution in [0.25, 0.3) is 0 Å². The number of rotatable bonds is 8. The van der Waals surface area contributed by atoms with E-state index in [-0.39, 0.29) is 35.7 Å². The lowest BCUT2D eigenvalue weighted by Crippen LogP contribution is -2.41. The zero-order valence-corrected chi connectivity index (χ0v) is 19.9. The van der Waals surface area contributed by atoms with Crippen molar-refractivity contribution >= 4 is 35.1 Å². The zero-order valence-electron chi connectivity index (χ0n) is 19.9. The number of amides is 2. The van der Waals surface area contributed by atoms with E-state index in [4.69, 9.17) is 5.73 Å². The Morgan fingerprint density at radius 3 is 2.64 bits per heavy atom. The lowest BCUT2D eigenvalue weighted by atomic mass is 9.97. The molecular formula is C24H29FN6O5. The van der Waals surface area contributed by atoms with Crippen molar-refractivity contribution in [2.45, 2.75) is 32.5 Å². The van der Waals surface area contributed by atoms with Crippen LogP contribution in [0.5, 0.6) is 5.75 Å². The number of nitrogen functional groups attached to an aromatic ring is 1. The van der Waals surface area contributed by atoms with Crippen molar-refractivity contribution in [1.82, 2.24) is 16.0 Å². The number of carbonyl (C=O) groups is 3. The third kappa shape index (κ3) is 7.08. The smallest absolute Gasteiger partial charge is 0.305 e. The molecule has 2 aromatic rings. The summed E-state index contributed by atoms with van der Waals surface area (Å²) in [5.74, 6) is -2.15. The molecule has 0 bridgehead atoms. The Morgan fingerprint density at radius 1 is 1.22 bits per heavy atom. The van der Waals surface area contributed by atoms with Gasteiger partial charge in [-0.15, -0.1) is 0 Å². The van der Waals surface area contributed by atoms with E-state index in [0.717, 1.165) is 5.56 Å². The summed E-state index contributed by atoms with van der Waals surface area (Å²) in [6.07, 6.45) is -1.53. The highest BCUT2D eigenvalue weighted by Gasteiger charge is 2.23. The van der Waals surface area contributed by atoms with Gasteiger partial charge in [0, 0.05) is 22.5 Å². The molecular weight excluding hydrogens is 471 g/mol. The van der Waals surface area contributed by atoms with Gasteiger partial charge >= 0.3 is 5.97 Å². The van der Waals surface area contributed by atoms with Gasteiger partial charge in [-0.25, -0.2) is 9.38 Å². The molecule has 1 unspecified atom stereocenters. The Morgan fingerprint density at radius 2 is 1.97 bits per heavy atom. The maximum Gasteiger partial charge on any atom is 0.305 e. The number of anilines is 2. The summed E-state index contributed by atoms with van der Waals surface area (Å²) < 4.78 is 13.2. The number of carboxylic acid groups (broad SMARTS) is 1. The van der Waals surface area contributed by atoms with Crippen molar-refractivity contribution in [3.8, 4) is 5.75 Å². The van der Waals surface area contributed by atoms with Crippen molar-refractivity contribution in [2.24, 2.45) is 4.99 Å². The van der Waals surface area contributed by atoms with Gasteiger partial charge in [0.05, 0.1) is 32.1 Å². The Labute approximate surface area is 207 Å². The molecule has 0 aliphatic carbocycles. The number of benzene rings is 2. The number of hydrogen-bond donors (Lipinski definition) is 7. The SMILES string of the molecule is Cc1cc(C)c(O)c([C@H](CC(=O)O)NC(=O)CNC(=O)c2cc(N)cc(NC3=NCC(F)CN3)c2)c1. The minimum Gasteiger partial charge on any atom is -0.507 e. The summed E-state index contributed by atoms with van der Waals surface area (Å²) in [4.78, 5) is 40.6. The van der Waals surface area contributed by atoms with Crippen molar-refractivity contribution in [2.75, 3.05) is 30.7 Å². The number of hydrogen-bond acceptors (Lipinski definition) is 8. The fourth-order valence-electron chi connectivity index (χ4n) is 3.77. The van der Waals surface area contributed by atoms with Crippen LogP contribution in [0.3, 0.4) is 0 Å². The van der Waals surface area contributed by atoms with E-state index >= 15 is 0 Å². The summed E-state index contributed by atoms with van der Waals surface area (Å²) in [5.41, 5.74) is 8.41. The van der Waals surface area contributed by atoms with Crippen molar-refractivity contribution in [1.29, 1.82) is 0 Å². The first-order valence-electron chi connectivity index (χ1n) is 11.2. The summed E-state index contributed by atoms with van der Waals surface area (Å²) in [6.45, 7) is 3.15. The number of halogens is 1. The summed E-state index contributed by atoms with van der Waals surface area (Å²) in [6, 6.07) is 6.84. The third-order valence-corrected chi connectivity index (χ3v) is 5.39. The van der Waals surface area contributed by atoms with E-state index in [1.165, 1.54) is 12.1 Å². The maximum atomic E-state index is 13.2. The van der Waals surface area contributed by atoms with Gasteiger partial charge in [0.25, 0.3) is 5.91 Å². The van der Waals surface area contributed by atoms with Crippen LogP contribution in [0.1, 0.15) is 39.5 Å². The molecule has 192 valence electrons. The average Bonchev–Trinajstić information content (AvgIpc) is 2.80.